The highest BCUT2D eigenvalue weighted by Gasteiger charge is 2.35. The number of anilines is 1. The van der Waals surface area contributed by atoms with Crippen LogP contribution < -0.4 is 10.2 Å². The van der Waals surface area contributed by atoms with Crippen LogP contribution in [0.25, 0.3) is 0 Å². The Morgan fingerprint density at radius 3 is 2.72 bits per heavy atom. The second-order valence-electron chi connectivity index (χ2n) is 6.70. The summed E-state index contributed by atoms with van der Waals surface area (Å²) >= 11 is 0.906. The van der Waals surface area contributed by atoms with Crippen LogP contribution in [0.5, 0.6) is 0 Å². The number of benzene rings is 1. The number of piperidine rings is 1. The number of nitrogens with zero attached hydrogens (tertiary/aromatic N) is 3. The maximum absolute atomic E-state index is 12.9. The number of hydrogen-bond acceptors (Lipinski definition) is 4. The number of likely N-dealkylation sites (N-methyl/N-ethyl adjacent to an activating group) is 1. The molecule has 0 bridgehead atoms. The Balaban J connectivity index is 1.54. The van der Waals surface area contributed by atoms with Crippen molar-refractivity contribution in [3.8, 4) is 0 Å². The van der Waals surface area contributed by atoms with Crippen LogP contribution in [0.2, 0.25) is 0 Å². The number of rotatable bonds is 5. The van der Waals surface area contributed by atoms with Crippen molar-refractivity contribution in [2.75, 3.05) is 25.0 Å². The van der Waals surface area contributed by atoms with Gasteiger partial charge in [0, 0.05) is 37.6 Å². The maximum atomic E-state index is 12.9. The monoisotopic (exact) mass is 426 g/mol. The minimum absolute atomic E-state index is 0.136. The molecular weight excluding hydrogens is 405 g/mol. The average molecular weight is 426 g/mol. The Labute approximate surface area is 170 Å². The molecule has 6 nitrogen and oxygen atoms in total. The van der Waals surface area contributed by atoms with Gasteiger partial charge in [0.1, 0.15) is 6.04 Å². The summed E-state index contributed by atoms with van der Waals surface area (Å²) in [6.07, 6.45) is -2.95. The summed E-state index contributed by atoms with van der Waals surface area (Å²) in [6, 6.07) is 8.26. The van der Waals surface area contributed by atoms with E-state index in [1.165, 1.54) is 4.90 Å². The molecule has 1 aliphatic rings. The average Bonchev–Trinajstić information content (AvgIpc) is 3.18. The molecule has 1 N–H and O–H groups in total. The molecule has 0 aliphatic carbocycles. The fraction of sp³-hybridized carbons (Fsp3) is 0.421. The quantitative estimate of drug-likeness (QED) is 0.795. The maximum Gasteiger partial charge on any atom is 0.434 e. The van der Waals surface area contributed by atoms with Crippen molar-refractivity contribution in [3.63, 3.8) is 0 Å². The summed E-state index contributed by atoms with van der Waals surface area (Å²) in [7, 11) is 1.55. The van der Waals surface area contributed by atoms with E-state index in [2.05, 4.69) is 10.3 Å². The van der Waals surface area contributed by atoms with E-state index < -0.39 is 23.9 Å². The van der Waals surface area contributed by atoms with Crippen LogP contribution in [0.15, 0.2) is 35.7 Å². The van der Waals surface area contributed by atoms with Crippen molar-refractivity contribution in [2.24, 2.45) is 0 Å². The molecule has 1 unspecified atom stereocenters. The van der Waals surface area contributed by atoms with Crippen LogP contribution in [0.4, 0.5) is 23.7 Å². The van der Waals surface area contributed by atoms with Gasteiger partial charge in [0.05, 0.1) is 5.01 Å². The Kier molecular flexibility index (Phi) is 6.41. The molecule has 1 aromatic carbocycles. The lowest BCUT2D eigenvalue weighted by molar-refractivity contribution is -0.140. The third-order valence-electron chi connectivity index (χ3n) is 4.72. The minimum Gasteiger partial charge on any atom is -0.338 e. The number of nitrogens with one attached hydrogen (secondary N) is 1. The van der Waals surface area contributed by atoms with Gasteiger partial charge >= 0.3 is 12.2 Å². The van der Waals surface area contributed by atoms with Crippen LogP contribution in [0.3, 0.4) is 0 Å². The Morgan fingerprint density at radius 1 is 1.34 bits per heavy atom. The first kappa shape index (κ1) is 21.1. The standard InChI is InChI=1S/C19H21F3N4O2S/c1-25(14-8-5-11-26(17(14)27)13-6-3-2-4-7-13)18(28)23-10-9-16-24-15(12-29-16)19(20,21)22/h2-4,6-7,12,14H,5,8-11H2,1H3,(H,23,28). The van der Waals surface area contributed by atoms with Crippen molar-refractivity contribution < 1.29 is 22.8 Å². The molecule has 10 heteroatoms. The molecule has 1 fully saturated rings. The highest BCUT2D eigenvalue weighted by Crippen LogP contribution is 2.30. The molecule has 0 saturated carbocycles. The fourth-order valence-electron chi connectivity index (χ4n) is 3.18. The predicted octanol–water partition coefficient (Wildman–Crippen LogP) is 3.54. The third-order valence-corrected chi connectivity index (χ3v) is 5.63. The van der Waals surface area contributed by atoms with E-state index in [1.54, 1.807) is 11.9 Å². The van der Waals surface area contributed by atoms with Crippen molar-refractivity contribution in [1.29, 1.82) is 0 Å². The molecule has 2 heterocycles. The second kappa shape index (κ2) is 8.81. The fourth-order valence-corrected chi connectivity index (χ4v) is 3.98. The summed E-state index contributed by atoms with van der Waals surface area (Å²) in [6.45, 7) is 0.734. The molecule has 3 amide bonds. The van der Waals surface area contributed by atoms with Crippen LogP contribution in [0.1, 0.15) is 23.5 Å². The Bertz CT molecular complexity index is 857. The number of para-hydroxylation sites is 1. The van der Waals surface area contributed by atoms with Crippen LogP contribution in [-0.2, 0) is 17.4 Å². The smallest absolute Gasteiger partial charge is 0.338 e. The molecule has 29 heavy (non-hydrogen) atoms. The van der Waals surface area contributed by atoms with Gasteiger partial charge in [-0.25, -0.2) is 9.78 Å². The topological polar surface area (TPSA) is 65.5 Å². The van der Waals surface area contributed by atoms with Gasteiger partial charge in [-0.15, -0.1) is 11.3 Å². The molecule has 1 saturated heterocycles. The second-order valence-corrected chi connectivity index (χ2v) is 7.64. The first-order chi connectivity index (χ1) is 13.8. The molecule has 1 atom stereocenters. The van der Waals surface area contributed by atoms with Crippen molar-refractivity contribution in [1.82, 2.24) is 15.2 Å². The van der Waals surface area contributed by atoms with E-state index in [0.29, 0.717) is 18.0 Å². The number of thiazole rings is 1. The first-order valence-corrected chi connectivity index (χ1v) is 10.0. The largest absolute Gasteiger partial charge is 0.434 e. The Hall–Kier alpha value is -2.62. The van der Waals surface area contributed by atoms with Crippen molar-refractivity contribution in [2.45, 2.75) is 31.5 Å². The highest BCUT2D eigenvalue weighted by atomic mass is 32.1. The van der Waals surface area contributed by atoms with Crippen molar-refractivity contribution in [3.05, 3.63) is 46.4 Å². The summed E-state index contributed by atoms with van der Waals surface area (Å²) in [5.74, 6) is -0.144. The van der Waals surface area contributed by atoms with Gasteiger partial charge < -0.3 is 15.1 Å². The molecular formula is C19H21F3N4O2S. The van der Waals surface area contributed by atoms with E-state index in [-0.39, 0.29) is 18.9 Å². The molecule has 0 spiro atoms. The van der Waals surface area contributed by atoms with Gasteiger partial charge in [0.25, 0.3) is 0 Å². The number of carbonyl (C=O) groups excluding carboxylic acids is 2. The number of urea groups is 1. The molecule has 2 aromatic rings. The van der Waals surface area contributed by atoms with E-state index in [4.69, 9.17) is 0 Å². The molecule has 3 rings (SSSR count). The minimum atomic E-state index is -4.47. The van der Waals surface area contributed by atoms with E-state index in [9.17, 15) is 22.8 Å². The van der Waals surface area contributed by atoms with Gasteiger partial charge in [-0.2, -0.15) is 13.2 Å². The number of hydrogen-bond donors (Lipinski definition) is 1. The summed E-state index contributed by atoms with van der Waals surface area (Å²) in [5.41, 5.74) is -0.130. The number of alkyl halides is 3. The van der Waals surface area contributed by atoms with E-state index in [0.717, 1.165) is 28.8 Å². The number of aromatic nitrogens is 1. The van der Waals surface area contributed by atoms with E-state index in [1.807, 2.05) is 30.3 Å². The summed E-state index contributed by atoms with van der Waals surface area (Å²) < 4.78 is 37.8. The number of halogens is 3. The zero-order chi connectivity index (χ0) is 21.0. The lowest BCUT2D eigenvalue weighted by Gasteiger charge is -2.36. The zero-order valence-electron chi connectivity index (χ0n) is 15.8. The Morgan fingerprint density at radius 2 is 2.07 bits per heavy atom. The third kappa shape index (κ3) is 5.06. The van der Waals surface area contributed by atoms with Gasteiger partial charge in [0.2, 0.25) is 5.91 Å². The van der Waals surface area contributed by atoms with Gasteiger partial charge in [0.15, 0.2) is 5.69 Å². The molecule has 1 aromatic heterocycles. The van der Waals surface area contributed by atoms with Crippen LogP contribution >= 0.6 is 11.3 Å². The predicted molar refractivity (Wildman–Crippen MR) is 104 cm³/mol. The first-order valence-electron chi connectivity index (χ1n) is 9.16. The van der Waals surface area contributed by atoms with Crippen LogP contribution in [-0.4, -0.2) is 48.0 Å². The van der Waals surface area contributed by atoms with Gasteiger partial charge in [-0.1, -0.05) is 18.2 Å². The summed E-state index contributed by atoms with van der Waals surface area (Å²) in [5, 5.41) is 3.91. The van der Waals surface area contributed by atoms with Crippen LogP contribution in [0, 0.1) is 0 Å². The zero-order valence-corrected chi connectivity index (χ0v) is 16.6. The summed E-state index contributed by atoms with van der Waals surface area (Å²) in [4.78, 5) is 31.9. The van der Waals surface area contributed by atoms with E-state index >= 15 is 0 Å². The van der Waals surface area contributed by atoms with Gasteiger partial charge in [-0.3, -0.25) is 4.79 Å². The van der Waals surface area contributed by atoms with Crippen molar-refractivity contribution >= 4 is 29.0 Å². The lowest BCUT2D eigenvalue weighted by atomic mass is 10.0. The molecule has 1 aliphatic heterocycles. The van der Waals surface area contributed by atoms with Gasteiger partial charge in [-0.05, 0) is 25.0 Å². The SMILES string of the molecule is CN(C(=O)NCCc1nc(C(F)(F)F)cs1)C1CCCN(c2ccccc2)C1=O. The number of carbonyl (C=O) groups is 2. The number of amides is 3. The molecule has 0 radical (unpaired) electrons. The lowest BCUT2D eigenvalue weighted by Crippen LogP contribution is -2.55. The molecule has 156 valence electrons. The normalized spacial score (nSPS) is 17.3. The highest BCUT2D eigenvalue weighted by molar-refractivity contribution is 7.09.